The van der Waals surface area contributed by atoms with Crippen LogP contribution in [0, 0.1) is 5.92 Å². The molecule has 0 bridgehead atoms. The summed E-state index contributed by atoms with van der Waals surface area (Å²) in [5, 5.41) is 0. The predicted octanol–water partition coefficient (Wildman–Crippen LogP) is 4.72. The molecule has 0 saturated heterocycles. The summed E-state index contributed by atoms with van der Waals surface area (Å²) in [6.45, 7) is 7.79. The van der Waals surface area contributed by atoms with Crippen LogP contribution < -0.4 is 0 Å². The van der Waals surface area contributed by atoms with Crippen LogP contribution in [-0.2, 0) is 0 Å². The van der Waals surface area contributed by atoms with Crippen LogP contribution in [0.25, 0.3) is 0 Å². The molecular weight excluding hydrogens is 296 g/mol. The second-order valence-corrected chi connectivity index (χ2v) is 6.92. The number of hydrogen-bond donors (Lipinski definition) is 0. The molecule has 0 spiro atoms. The molecular formula is C21H28N2O. The summed E-state index contributed by atoms with van der Waals surface area (Å²) in [5.74, 6) is 1.12. The van der Waals surface area contributed by atoms with Gasteiger partial charge in [-0.15, -0.1) is 0 Å². The SMILES string of the molecule is CCN(CC)C(=O)c1ccc(C2CCCC3=C2C(C)CC=C3)cn1. The minimum atomic E-state index is 0.0315. The summed E-state index contributed by atoms with van der Waals surface area (Å²) < 4.78 is 0. The second kappa shape index (κ2) is 7.33. The van der Waals surface area contributed by atoms with Gasteiger partial charge in [-0.2, -0.15) is 0 Å². The number of nitrogens with zero attached hydrogens (tertiary/aromatic N) is 2. The second-order valence-electron chi connectivity index (χ2n) is 6.92. The highest BCUT2D eigenvalue weighted by Gasteiger charge is 2.29. The van der Waals surface area contributed by atoms with Crippen LogP contribution in [0.5, 0.6) is 0 Å². The number of amides is 1. The van der Waals surface area contributed by atoms with E-state index in [0.29, 0.717) is 17.5 Å². The van der Waals surface area contributed by atoms with E-state index in [-0.39, 0.29) is 5.91 Å². The maximum absolute atomic E-state index is 12.4. The van der Waals surface area contributed by atoms with Gasteiger partial charge >= 0.3 is 0 Å². The Hall–Kier alpha value is -1.90. The molecule has 1 amide bonds. The van der Waals surface area contributed by atoms with E-state index in [2.05, 4.69) is 30.1 Å². The van der Waals surface area contributed by atoms with Crippen LogP contribution in [0.4, 0.5) is 0 Å². The van der Waals surface area contributed by atoms with Gasteiger partial charge in [-0.1, -0.05) is 30.7 Å². The number of carbonyl (C=O) groups is 1. The van der Waals surface area contributed by atoms with Crippen molar-refractivity contribution < 1.29 is 4.79 Å². The molecule has 0 saturated carbocycles. The molecule has 2 atom stereocenters. The van der Waals surface area contributed by atoms with Gasteiger partial charge in [0.25, 0.3) is 5.91 Å². The summed E-state index contributed by atoms with van der Waals surface area (Å²) in [7, 11) is 0. The van der Waals surface area contributed by atoms with Gasteiger partial charge in [0.15, 0.2) is 0 Å². The number of carbonyl (C=O) groups excluding carboxylic acids is 1. The van der Waals surface area contributed by atoms with E-state index >= 15 is 0 Å². The summed E-state index contributed by atoms with van der Waals surface area (Å²) >= 11 is 0. The Labute approximate surface area is 145 Å². The van der Waals surface area contributed by atoms with Crippen molar-refractivity contribution in [2.24, 2.45) is 5.92 Å². The standard InChI is InChI=1S/C21H28N2O/c1-4-23(5-2)21(24)19-13-12-17(14-22-19)18-11-7-10-16-9-6-8-15(3)20(16)18/h6,9,12-15,18H,4-5,7-8,10-11H2,1-3H3. The van der Waals surface area contributed by atoms with Gasteiger partial charge in [-0.05, 0) is 62.7 Å². The Balaban J connectivity index is 1.85. The highest BCUT2D eigenvalue weighted by atomic mass is 16.2. The number of pyridine rings is 1. The highest BCUT2D eigenvalue weighted by Crippen LogP contribution is 2.44. The summed E-state index contributed by atoms with van der Waals surface area (Å²) in [5.41, 5.74) is 4.96. The van der Waals surface area contributed by atoms with E-state index in [0.717, 1.165) is 19.5 Å². The Kier molecular flexibility index (Phi) is 5.17. The molecule has 2 aliphatic carbocycles. The zero-order chi connectivity index (χ0) is 17.1. The molecule has 24 heavy (non-hydrogen) atoms. The van der Waals surface area contributed by atoms with Crippen molar-refractivity contribution in [3.63, 3.8) is 0 Å². The van der Waals surface area contributed by atoms with E-state index in [9.17, 15) is 4.79 Å². The molecule has 3 nitrogen and oxygen atoms in total. The lowest BCUT2D eigenvalue weighted by atomic mass is 9.71. The normalized spacial score (nSPS) is 23.1. The number of allylic oxidation sites excluding steroid dienone is 4. The molecule has 1 heterocycles. The maximum atomic E-state index is 12.4. The monoisotopic (exact) mass is 324 g/mol. The van der Waals surface area contributed by atoms with E-state index in [4.69, 9.17) is 0 Å². The smallest absolute Gasteiger partial charge is 0.272 e. The largest absolute Gasteiger partial charge is 0.338 e. The van der Waals surface area contributed by atoms with Gasteiger partial charge < -0.3 is 4.90 Å². The lowest BCUT2D eigenvalue weighted by Crippen LogP contribution is -2.31. The van der Waals surface area contributed by atoms with Gasteiger partial charge in [-0.25, -0.2) is 0 Å². The van der Waals surface area contributed by atoms with Crippen LogP contribution >= 0.6 is 0 Å². The molecule has 2 aliphatic rings. The molecule has 0 N–H and O–H groups in total. The van der Waals surface area contributed by atoms with Crippen molar-refractivity contribution in [3.8, 4) is 0 Å². The van der Waals surface area contributed by atoms with Crippen molar-refractivity contribution in [1.82, 2.24) is 9.88 Å². The molecule has 0 aromatic carbocycles. The third-order valence-electron chi connectivity index (χ3n) is 5.48. The first kappa shape index (κ1) is 16.9. The summed E-state index contributed by atoms with van der Waals surface area (Å²) in [4.78, 5) is 18.7. The first-order chi connectivity index (χ1) is 11.7. The van der Waals surface area contributed by atoms with Crippen LogP contribution in [0.15, 0.2) is 41.6 Å². The topological polar surface area (TPSA) is 33.2 Å². The zero-order valence-electron chi connectivity index (χ0n) is 15.1. The molecule has 3 heteroatoms. The molecule has 3 rings (SSSR count). The lowest BCUT2D eigenvalue weighted by Gasteiger charge is -2.33. The molecule has 1 aromatic heterocycles. The molecule has 2 unspecified atom stereocenters. The van der Waals surface area contributed by atoms with Crippen molar-refractivity contribution in [1.29, 1.82) is 0 Å². The minimum Gasteiger partial charge on any atom is -0.338 e. The zero-order valence-corrected chi connectivity index (χ0v) is 15.1. The lowest BCUT2D eigenvalue weighted by molar-refractivity contribution is 0.0767. The van der Waals surface area contributed by atoms with Gasteiger partial charge in [0.1, 0.15) is 5.69 Å². The number of rotatable bonds is 4. The highest BCUT2D eigenvalue weighted by molar-refractivity contribution is 5.92. The van der Waals surface area contributed by atoms with Crippen molar-refractivity contribution in [2.45, 2.75) is 52.4 Å². The number of aromatic nitrogens is 1. The average Bonchev–Trinajstić information content (AvgIpc) is 2.62. The number of hydrogen-bond acceptors (Lipinski definition) is 2. The van der Waals surface area contributed by atoms with E-state index in [1.807, 2.05) is 31.0 Å². The molecule has 0 fully saturated rings. The van der Waals surface area contributed by atoms with E-state index < -0.39 is 0 Å². The van der Waals surface area contributed by atoms with Crippen molar-refractivity contribution >= 4 is 5.91 Å². The fourth-order valence-corrected chi connectivity index (χ4v) is 4.16. The minimum absolute atomic E-state index is 0.0315. The first-order valence-corrected chi connectivity index (χ1v) is 9.30. The van der Waals surface area contributed by atoms with Crippen LogP contribution in [-0.4, -0.2) is 28.9 Å². The van der Waals surface area contributed by atoms with Gasteiger partial charge in [0.05, 0.1) is 0 Å². The van der Waals surface area contributed by atoms with Crippen molar-refractivity contribution in [2.75, 3.05) is 13.1 Å². The Morgan fingerprint density at radius 2 is 2.08 bits per heavy atom. The van der Waals surface area contributed by atoms with Crippen molar-refractivity contribution in [3.05, 3.63) is 52.9 Å². The first-order valence-electron chi connectivity index (χ1n) is 9.30. The summed E-state index contributed by atoms with van der Waals surface area (Å²) in [6, 6.07) is 4.03. The predicted molar refractivity (Wildman–Crippen MR) is 98.0 cm³/mol. The Morgan fingerprint density at radius 3 is 2.75 bits per heavy atom. The van der Waals surface area contributed by atoms with E-state index in [1.54, 1.807) is 5.57 Å². The fraction of sp³-hybridized carbons (Fsp3) is 0.524. The molecule has 0 radical (unpaired) electrons. The molecule has 1 aromatic rings. The van der Waals surface area contributed by atoms with E-state index in [1.165, 1.54) is 30.4 Å². The molecule has 128 valence electrons. The van der Waals surface area contributed by atoms with Crippen LogP contribution in [0.3, 0.4) is 0 Å². The van der Waals surface area contributed by atoms with Gasteiger partial charge in [0, 0.05) is 25.2 Å². The fourth-order valence-electron chi connectivity index (χ4n) is 4.16. The average molecular weight is 324 g/mol. The third-order valence-corrected chi connectivity index (χ3v) is 5.48. The van der Waals surface area contributed by atoms with Crippen LogP contribution in [0.1, 0.15) is 68.4 Å². The van der Waals surface area contributed by atoms with Gasteiger partial charge in [0.2, 0.25) is 0 Å². The summed E-state index contributed by atoms with van der Waals surface area (Å²) in [6.07, 6.45) is 11.4. The Morgan fingerprint density at radius 1 is 1.29 bits per heavy atom. The quantitative estimate of drug-likeness (QED) is 0.802. The Bertz CT molecular complexity index is 653. The maximum Gasteiger partial charge on any atom is 0.272 e. The van der Waals surface area contributed by atoms with Crippen LogP contribution in [0.2, 0.25) is 0 Å². The van der Waals surface area contributed by atoms with Gasteiger partial charge in [-0.3, -0.25) is 9.78 Å². The third kappa shape index (κ3) is 3.17. The molecule has 0 aliphatic heterocycles.